The van der Waals surface area contributed by atoms with Gasteiger partial charge in [0, 0.05) is 52.8 Å². The maximum absolute atomic E-state index is 14.5. The standard InChI is InChI=1S/C25H17F2N3O2.Na/c1-15-24(20-12-9-17(26)13-21(20)27)25-28-22(14-23(31)30(25)29-15)16-7-10-19(11-8-16)32-18-5-3-2-4-6-18;/h2-14,31H,1H3;. The fourth-order valence-corrected chi connectivity index (χ4v) is 3.58. The molecule has 0 bridgehead atoms. The van der Waals surface area contributed by atoms with Gasteiger partial charge < -0.3 is 9.84 Å². The van der Waals surface area contributed by atoms with E-state index in [0.717, 1.165) is 17.4 Å². The Morgan fingerprint density at radius 1 is 0.879 bits per heavy atom. The number of halogens is 2. The summed E-state index contributed by atoms with van der Waals surface area (Å²) in [6.07, 6.45) is 0. The van der Waals surface area contributed by atoms with E-state index in [-0.39, 0.29) is 46.6 Å². The predicted molar refractivity (Wildman–Crippen MR) is 122 cm³/mol. The van der Waals surface area contributed by atoms with Gasteiger partial charge in [0.1, 0.15) is 23.1 Å². The molecule has 0 saturated heterocycles. The van der Waals surface area contributed by atoms with Crippen LogP contribution in [0, 0.1) is 18.6 Å². The second-order valence-corrected chi connectivity index (χ2v) is 7.26. The number of aryl methyl sites for hydroxylation is 1. The molecule has 2 aromatic heterocycles. The van der Waals surface area contributed by atoms with E-state index < -0.39 is 11.6 Å². The van der Waals surface area contributed by atoms with Crippen molar-refractivity contribution >= 4 is 35.2 Å². The third kappa shape index (κ3) is 4.48. The molecule has 5 aromatic rings. The number of aromatic hydroxyl groups is 1. The first-order chi connectivity index (χ1) is 15.5. The monoisotopic (exact) mass is 452 g/mol. The maximum atomic E-state index is 14.5. The number of ether oxygens (including phenoxy) is 1. The number of rotatable bonds is 4. The first-order valence-electron chi connectivity index (χ1n) is 9.88. The average Bonchev–Trinajstić information content (AvgIpc) is 3.11. The molecule has 8 heteroatoms. The van der Waals surface area contributed by atoms with Gasteiger partial charge in [-0.15, -0.1) is 0 Å². The zero-order valence-electron chi connectivity index (χ0n) is 18.0. The van der Waals surface area contributed by atoms with Gasteiger partial charge in [0.05, 0.1) is 17.0 Å². The SMILES string of the molecule is Cc1nn2c(O)cc(-c3ccc(Oc4ccccc4)cc3)nc2c1-c1ccc(F)cc1F.[Na]. The minimum atomic E-state index is -0.725. The van der Waals surface area contributed by atoms with E-state index in [1.807, 2.05) is 42.5 Å². The molecule has 0 aliphatic carbocycles. The van der Waals surface area contributed by atoms with Crippen LogP contribution >= 0.6 is 0 Å². The molecule has 159 valence electrons. The number of aromatic nitrogens is 3. The molecule has 2 heterocycles. The van der Waals surface area contributed by atoms with Crippen molar-refractivity contribution in [2.75, 3.05) is 0 Å². The van der Waals surface area contributed by atoms with Crippen LogP contribution in [0.1, 0.15) is 5.69 Å². The summed E-state index contributed by atoms with van der Waals surface area (Å²) in [6.45, 7) is 1.68. The summed E-state index contributed by atoms with van der Waals surface area (Å²) >= 11 is 0. The smallest absolute Gasteiger partial charge is 0.216 e. The number of hydrogen-bond donors (Lipinski definition) is 1. The summed E-state index contributed by atoms with van der Waals surface area (Å²) in [7, 11) is 0. The zero-order chi connectivity index (χ0) is 22.2. The molecule has 3 aromatic carbocycles. The topological polar surface area (TPSA) is 59.7 Å². The van der Waals surface area contributed by atoms with E-state index in [9.17, 15) is 13.9 Å². The Balaban J connectivity index is 0.00000259. The fraction of sp³-hybridized carbons (Fsp3) is 0.0400. The number of fused-ring (bicyclic) bond motifs is 1. The number of hydrogen-bond acceptors (Lipinski definition) is 4. The van der Waals surface area contributed by atoms with Crippen LogP contribution in [-0.2, 0) is 0 Å². The largest absolute Gasteiger partial charge is 0.493 e. The van der Waals surface area contributed by atoms with Crippen LogP contribution in [0.15, 0.2) is 78.9 Å². The Kier molecular flexibility index (Phi) is 6.47. The van der Waals surface area contributed by atoms with Crippen LogP contribution < -0.4 is 4.74 Å². The molecule has 0 aliphatic heterocycles. The van der Waals surface area contributed by atoms with Crippen molar-refractivity contribution in [1.82, 2.24) is 14.6 Å². The van der Waals surface area contributed by atoms with Crippen molar-refractivity contribution in [3.8, 4) is 39.8 Å². The van der Waals surface area contributed by atoms with Crippen molar-refractivity contribution in [3.05, 3.63) is 96.2 Å². The molecule has 1 N–H and O–H groups in total. The van der Waals surface area contributed by atoms with Gasteiger partial charge in [0.25, 0.3) is 0 Å². The molecule has 0 fully saturated rings. The van der Waals surface area contributed by atoms with Crippen LogP contribution in [0.4, 0.5) is 8.78 Å². The molecule has 33 heavy (non-hydrogen) atoms. The van der Waals surface area contributed by atoms with E-state index in [1.54, 1.807) is 19.1 Å². The molecule has 0 unspecified atom stereocenters. The van der Waals surface area contributed by atoms with Gasteiger partial charge in [-0.25, -0.2) is 13.8 Å². The summed E-state index contributed by atoms with van der Waals surface area (Å²) in [5.41, 5.74) is 2.49. The van der Waals surface area contributed by atoms with E-state index in [1.165, 1.54) is 22.7 Å². The van der Waals surface area contributed by atoms with E-state index in [2.05, 4.69) is 10.1 Å². The minimum absolute atomic E-state index is 0. The van der Waals surface area contributed by atoms with Crippen molar-refractivity contribution in [3.63, 3.8) is 0 Å². The molecule has 0 aliphatic rings. The summed E-state index contributed by atoms with van der Waals surface area (Å²) in [5, 5.41) is 14.8. The molecule has 5 nitrogen and oxygen atoms in total. The summed E-state index contributed by atoms with van der Waals surface area (Å²) in [4.78, 5) is 4.62. The van der Waals surface area contributed by atoms with E-state index in [4.69, 9.17) is 4.74 Å². The van der Waals surface area contributed by atoms with Crippen LogP contribution in [0.25, 0.3) is 28.0 Å². The second kappa shape index (κ2) is 9.31. The predicted octanol–water partition coefficient (Wildman–Crippen LogP) is 5.77. The van der Waals surface area contributed by atoms with Crippen LogP contribution in [-0.4, -0.2) is 49.3 Å². The van der Waals surface area contributed by atoms with E-state index >= 15 is 0 Å². The molecular weight excluding hydrogens is 435 g/mol. The summed E-state index contributed by atoms with van der Waals surface area (Å²) < 4.78 is 34.9. The van der Waals surface area contributed by atoms with Crippen molar-refractivity contribution < 1.29 is 18.6 Å². The number of para-hydroxylation sites is 1. The van der Waals surface area contributed by atoms with Crippen LogP contribution in [0.3, 0.4) is 0 Å². The first kappa shape index (κ1) is 22.9. The quantitative estimate of drug-likeness (QED) is 0.352. The molecule has 0 atom stereocenters. The summed E-state index contributed by atoms with van der Waals surface area (Å²) in [5.74, 6) is -0.170. The maximum Gasteiger partial charge on any atom is 0.216 e. The third-order valence-electron chi connectivity index (χ3n) is 5.07. The normalized spacial score (nSPS) is 10.8. The van der Waals surface area contributed by atoms with Crippen LogP contribution in [0.2, 0.25) is 0 Å². The van der Waals surface area contributed by atoms with E-state index in [0.29, 0.717) is 22.7 Å². The molecule has 0 saturated carbocycles. The molecular formula is C25H17F2N3NaO2. The minimum Gasteiger partial charge on any atom is -0.493 e. The number of benzene rings is 3. The van der Waals surface area contributed by atoms with Crippen molar-refractivity contribution in [2.24, 2.45) is 0 Å². The average molecular weight is 452 g/mol. The van der Waals surface area contributed by atoms with Crippen molar-refractivity contribution in [1.29, 1.82) is 0 Å². The van der Waals surface area contributed by atoms with Gasteiger partial charge in [-0.05, 0) is 55.5 Å². The van der Waals surface area contributed by atoms with Gasteiger partial charge in [-0.2, -0.15) is 9.61 Å². The second-order valence-electron chi connectivity index (χ2n) is 7.26. The van der Waals surface area contributed by atoms with Crippen LogP contribution in [0.5, 0.6) is 17.4 Å². The van der Waals surface area contributed by atoms with Gasteiger partial charge in [-0.3, -0.25) is 0 Å². The van der Waals surface area contributed by atoms with Gasteiger partial charge in [-0.1, -0.05) is 18.2 Å². The Hall–Kier alpha value is -3.26. The Morgan fingerprint density at radius 3 is 2.27 bits per heavy atom. The Labute approximate surface area is 210 Å². The molecule has 1 radical (unpaired) electrons. The molecule has 0 spiro atoms. The zero-order valence-corrected chi connectivity index (χ0v) is 20.0. The molecule has 0 amide bonds. The van der Waals surface area contributed by atoms with Gasteiger partial charge in [0.15, 0.2) is 5.65 Å². The molecule has 5 rings (SSSR count). The number of nitrogens with zero attached hydrogens (tertiary/aromatic N) is 3. The summed E-state index contributed by atoms with van der Waals surface area (Å²) in [6, 6.07) is 21.5. The Morgan fingerprint density at radius 2 is 1.58 bits per heavy atom. The fourth-order valence-electron chi connectivity index (χ4n) is 3.58. The van der Waals surface area contributed by atoms with Gasteiger partial charge >= 0.3 is 0 Å². The third-order valence-corrected chi connectivity index (χ3v) is 5.07. The Bertz CT molecular complexity index is 1440. The van der Waals surface area contributed by atoms with Crippen molar-refractivity contribution in [2.45, 2.75) is 6.92 Å². The van der Waals surface area contributed by atoms with Gasteiger partial charge in [0.2, 0.25) is 5.88 Å². The first-order valence-corrected chi connectivity index (χ1v) is 9.88.